The molecule has 0 spiro atoms. The minimum Gasteiger partial charge on any atom is -0.492 e. The van der Waals surface area contributed by atoms with Crippen molar-refractivity contribution in [3.8, 4) is 5.75 Å². The highest BCUT2D eigenvalue weighted by molar-refractivity contribution is 6.00. The van der Waals surface area contributed by atoms with E-state index in [1.165, 1.54) is 0 Å². The molecule has 1 heterocycles. The van der Waals surface area contributed by atoms with Gasteiger partial charge in [-0.25, -0.2) is 0 Å². The minimum atomic E-state index is -0.00841. The fraction of sp³-hybridized carbons (Fsp3) is 0.364. The summed E-state index contributed by atoms with van der Waals surface area (Å²) < 4.78 is 5.54. The highest BCUT2D eigenvalue weighted by Gasteiger charge is 2.21. The minimum absolute atomic E-state index is 0.00841. The van der Waals surface area contributed by atoms with Gasteiger partial charge in [-0.3, -0.25) is 4.79 Å². The Bertz CT molecular complexity index is 388. The summed E-state index contributed by atoms with van der Waals surface area (Å²) in [6.07, 6.45) is 0.393. The van der Waals surface area contributed by atoms with Gasteiger partial charge in [-0.15, -0.1) is 0 Å². The Labute approximate surface area is 88.4 Å². The number of rotatable bonds is 3. The van der Waals surface area contributed by atoms with Crippen LogP contribution in [0.4, 0.5) is 5.69 Å². The van der Waals surface area contributed by atoms with Crippen LogP contribution in [0.25, 0.3) is 0 Å². The van der Waals surface area contributed by atoms with Crippen molar-refractivity contribution in [3.05, 3.63) is 23.8 Å². The number of hydrogen-bond donors (Lipinski definition) is 2. The van der Waals surface area contributed by atoms with Crippen molar-refractivity contribution >= 4 is 11.6 Å². The predicted octanol–water partition coefficient (Wildman–Crippen LogP) is 0.907. The van der Waals surface area contributed by atoms with E-state index in [9.17, 15) is 4.79 Å². The van der Waals surface area contributed by atoms with E-state index < -0.39 is 0 Å². The van der Waals surface area contributed by atoms with Crippen LogP contribution < -0.4 is 15.8 Å². The SMILES string of the molecule is CC(N)COc1cccc2c1CC(=O)N2. The van der Waals surface area contributed by atoms with E-state index in [0.717, 1.165) is 17.0 Å². The molecule has 0 saturated heterocycles. The van der Waals surface area contributed by atoms with Crippen molar-refractivity contribution in [1.29, 1.82) is 0 Å². The number of ether oxygens (including phenoxy) is 1. The number of amides is 1. The Morgan fingerprint density at radius 2 is 2.40 bits per heavy atom. The van der Waals surface area contributed by atoms with Crippen LogP contribution in [0.15, 0.2) is 18.2 Å². The Morgan fingerprint density at radius 1 is 1.60 bits per heavy atom. The zero-order valence-corrected chi connectivity index (χ0v) is 8.62. The van der Waals surface area contributed by atoms with Crippen molar-refractivity contribution < 1.29 is 9.53 Å². The van der Waals surface area contributed by atoms with Gasteiger partial charge in [0.1, 0.15) is 12.4 Å². The average Bonchev–Trinajstić information content (AvgIpc) is 2.55. The second-order valence-corrected chi connectivity index (χ2v) is 3.80. The zero-order valence-electron chi connectivity index (χ0n) is 8.62. The first-order chi connectivity index (χ1) is 7.16. The van der Waals surface area contributed by atoms with Gasteiger partial charge >= 0.3 is 0 Å². The maximum atomic E-state index is 11.2. The third-order valence-corrected chi connectivity index (χ3v) is 2.25. The molecule has 3 N–H and O–H groups in total. The van der Waals surface area contributed by atoms with Gasteiger partial charge in [-0.1, -0.05) is 6.07 Å². The van der Waals surface area contributed by atoms with Crippen LogP contribution in [0.5, 0.6) is 5.75 Å². The Kier molecular flexibility index (Phi) is 2.60. The van der Waals surface area contributed by atoms with Gasteiger partial charge in [0.2, 0.25) is 5.91 Å². The lowest BCUT2D eigenvalue weighted by Gasteiger charge is -2.11. The molecule has 0 bridgehead atoms. The fourth-order valence-corrected chi connectivity index (χ4v) is 1.58. The summed E-state index contributed by atoms with van der Waals surface area (Å²) in [4.78, 5) is 11.2. The quantitative estimate of drug-likeness (QED) is 0.772. The fourth-order valence-electron chi connectivity index (χ4n) is 1.58. The van der Waals surface area contributed by atoms with Crippen LogP contribution in [-0.4, -0.2) is 18.6 Å². The van der Waals surface area contributed by atoms with Gasteiger partial charge < -0.3 is 15.8 Å². The van der Waals surface area contributed by atoms with E-state index in [-0.39, 0.29) is 11.9 Å². The second-order valence-electron chi connectivity index (χ2n) is 3.80. The first kappa shape index (κ1) is 9.98. The Balaban J connectivity index is 2.19. The van der Waals surface area contributed by atoms with Crippen LogP contribution in [0, 0.1) is 0 Å². The average molecular weight is 206 g/mol. The van der Waals surface area contributed by atoms with E-state index in [2.05, 4.69) is 5.32 Å². The predicted molar refractivity (Wildman–Crippen MR) is 57.9 cm³/mol. The van der Waals surface area contributed by atoms with Gasteiger partial charge in [-0.2, -0.15) is 0 Å². The summed E-state index contributed by atoms with van der Waals surface area (Å²) in [5.74, 6) is 0.769. The summed E-state index contributed by atoms with van der Waals surface area (Å²) in [5.41, 5.74) is 7.39. The molecule has 0 saturated carbocycles. The van der Waals surface area contributed by atoms with Crippen LogP contribution in [-0.2, 0) is 11.2 Å². The van der Waals surface area contributed by atoms with E-state index in [1.807, 2.05) is 25.1 Å². The molecule has 1 atom stereocenters. The summed E-state index contributed by atoms with van der Waals surface area (Å²) in [7, 11) is 0. The lowest BCUT2D eigenvalue weighted by Crippen LogP contribution is -2.23. The molecule has 2 rings (SSSR count). The summed E-state index contributed by atoms with van der Waals surface area (Å²) in [6, 6.07) is 5.59. The molecule has 0 aromatic heterocycles. The molecule has 15 heavy (non-hydrogen) atoms. The molecule has 1 aliphatic heterocycles. The molecule has 80 valence electrons. The molecule has 0 radical (unpaired) electrons. The van der Waals surface area contributed by atoms with Gasteiger partial charge in [-0.05, 0) is 19.1 Å². The highest BCUT2D eigenvalue weighted by Crippen LogP contribution is 2.31. The Hall–Kier alpha value is -1.55. The van der Waals surface area contributed by atoms with Crippen LogP contribution in [0.3, 0.4) is 0 Å². The standard InChI is InChI=1S/C11H14N2O2/c1-7(12)6-15-10-4-2-3-9-8(10)5-11(14)13-9/h2-4,7H,5-6,12H2,1H3,(H,13,14). The van der Waals surface area contributed by atoms with Gasteiger partial charge in [0.15, 0.2) is 0 Å². The molecular formula is C11H14N2O2. The summed E-state index contributed by atoms with van der Waals surface area (Å²) in [6.45, 7) is 2.34. The zero-order chi connectivity index (χ0) is 10.8. The van der Waals surface area contributed by atoms with Crippen molar-refractivity contribution in [3.63, 3.8) is 0 Å². The largest absolute Gasteiger partial charge is 0.492 e. The van der Waals surface area contributed by atoms with E-state index in [4.69, 9.17) is 10.5 Å². The maximum Gasteiger partial charge on any atom is 0.229 e. The highest BCUT2D eigenvalue weighted by atomic mass is 16.5. The molecule has 4 nitrogen and oxygen atoms in total. The van der Waals surface area contributed by atoms with E-state index >= 15 is 0 Å². The third-order valence-electron chi connectivity index (χ3n) is 2.25. The number of nitrogens with one attached hydrogen (secondary N) is 1. The monoisotopic (exact) mass is 206 g/mol. The number of hydrogen-bond acceptors (Lipinski definition) is 3. The topological polar surface area (TPSA) is 64.3 Å². The molecule has 1 aromatic rings. The molecular weight excluding hydrogens is 192 g/mol. The first-order valence-electron chi connectivity index (χ1n) is 4.97. The van der Waals surface area contributed by atoms with Crippen LogP contribution >= 0.6 is 0 Å². The van der Waals surface area contributed by atoms with Crippen LogP contribution in [0.1, 0.15) is 12.5 Å². The second kappa shape index (κ2) is 3.90. The molecule has 1 aliphatic rings. The number of carbonyl (C=O) groups excluding carboxylic acids is 1. The van der Waals surface area contributed by atoms with E-state index in [0.29, 0.717) is 13.0 Å². The van der Waals surface area contributed by atoms with Gasteiger partial charge in [0.05, 0.1) is 6.42 Å². The smallest absolute Gasteiger partial charge is 0.229 e. The molecule has 1 amide bonds. The summed E-state index contributed by atoms with van der Waals surface area (Å²) in [5, 5.41) is 2.78. The van der Waals surface area contributed by atoms with Crippen molar-refractivity contribution in [2.75, 3.05) is 11.9 Å². The normalized spacial score (nSPS) is 15.7. The summed E-state index contributed by atoms with van der Waals surface area (Å²) >= 11 is 0. The number of benzene rings is 1. The van der Waals surface area contributed by atoms with Crippen LogP contribution in [0.2, 0.25) is 0 Å². The number of carbonyl (C=O) groups is 1. The maximum absolute atomic E-state index is 11.2. The lowest BCUT2D eigenvalue weighted by molar-refractivity contribution is -0.115. The van der Waals surface area contributed by atoms with Gasteiger partial charge in [0, 0.05) is 17.3 Å². The Morgan fingerprint density at radius 3 is 3.13 bits per heavy atom. The molecule has 1 unspecified atom stereocenters. The van der Waals surface area contributed by atoms with E-state index in [1.54, 1.807) is 0 Å². The molecule has 0 fully saturated rings. The number of anilines is 1. The number of nitrogens with two attached hydrogens (primary N) is 1. The lowest BCUT2D eigenvalue weighted by atomic mass is 10.1. The molecule has 0 aliphatic carbocycles. The molecule has 1 aromatic carbocycles. The van der Waals surface area contributed by atoms with Crippen molar-refractivity contribution in [1.82, 2.24) is 0 Å². The first-order valence-corrected chi connectivity index (χ1v) is 4.97. The van der Waals surface area contributed by atoms with Crippen molar-refractivity contribution in [2.24, 2.45) is 5.73 Å². The molecule has 4 heteroatoms. The van der Waals surface area contributed by atoms with Crippen molar-refractivity contribution in [2.45, 2.75) is 19.4 Å². The third kappa shape index (κ3) is 2.10. The number of fused-ring (bicyclic) bond motifs is 1. The van der Waals surface area contributed by atoms with Gasteiger partial charge in [0.25, 0.3) is 0 Å².